The zero-order valence-corrected chi connectivity index (χ0v) is 11.4. The second-order valence-electron chi connectivity index (χ2n) is 3.31. The van der Waals surface area contributed by atoms with E-state index in [9.17, 15) is 4.79 Å². The summed E-state index contributed by atoms with van der Waals surface area (Å²) >= 11 is 10.8. The molecule has 1 aromatic heterocycles. The largest absolute Gasteiger partial charge is 0.293 e. The third-order valence-corrected chi connectivity index (χ3v) is 3.92. The molecule has 0 N–H and O–H groups in total. The lowest BCUT2D eigenvalue weighted by Gasteiger charge is -2.03. The number of Topliss-reactive ketones (excluding diaryl/α,β-unsaturated/α-hetero) is 1. The first-order valence-corrected chi connectivity index (χ1v) is 6.72. The Morgan fingerprint density at radius 1 is 1.38 bits per heavy atom. The summed E-state index contributed by atoms with van der Waals surface area (Å²) in [4.78, 5) is 12.6. The van der Waals surface area contributed by atoms with Gasteiger partial charge in [-0.25, -0.2) is 0 Å². The first-order valence-electron chi connectivity index (χ1n) is 4.67. The van der Waals surface area contributed by atoms with Crippen molar-refractivity contribution >= 4 is 44.7 Å². The molecule has 2 aromatic rings. The maximum absolute atomic E-state index is 11.9. The van der Waals surface area contributed by atoms with E-state index in [1.807, 2.05) is 29.6 Å². The van der Waals surface area contributed by atoms with E-state index in [0.717, 1.165) is 14.9 Å². The number of hydrogen-bond donors (Lipinski definition) is 0. The van der Waals surface area contributed by atoms with E-state index in [4.69, 9.17) is 11.6 Å². The molecule has 0 amide bonds. The predicted molar refractivity (Wildman–Crippen MR) is 71.5 cm³/mol. The molecule has 1 heterocycles. The van der Waals surface area contributed by atoms with E-state index in [1.54, 1.807) is 6.07 Å². The fourth-order valence-electron chi connectivity index (χ4n) is 1.36. The quantitative estimate of drug-likeness (QED) is 0.757. The third kappa shape index (κ3) is 2.73. The van der Waals surface area contributed by atoms with Crippen LogP contribution in [0, 0.1) is 0 Å². The van der Waals surface area contributed by atoms with Crippen molar-refractivity contribution in [1.29, 1.82) is 0 Å². The first kappa shape index (κ1) is 11.8. The fourth-order valence-corrected chi connectivity index (χ4v) is 2.77. The van der Waals surface area contributed by atoms with Crippen molar-refractivity contribution in [3.8, 4) is 0 Å². The lowest BCUT2D eigenvalue weighted by Crippen LogP contribution is -2.01. The molecule has 1 aromatic carbocycles. The molecule has 16 heavy (non-hydrogen) atoms. The van der Waals surface area contributed by atoms with E-state index < -0.39 is 0 Å². The number of hydrogen-bond acceptors (Lipinski definition) is 2. The minimum Gasteiger partial charge on any atom is -0.293 e. The zero-order chi connectivity index (χ0) is 11.5. The van der Waals surface area contributed by atoms with Crippen molar-refractivity contribution in [3.63, 3.8) is 0 Å². The Balaban J connectivity index is 2.18. The highest BCUT2D eigenvalue weighted by atomic mass is 79.9. The maximum Gasteiger partial charge on any atom is 0.177 e. The lowest BCUT2D eigenvalue weighted by atomic mass is 10.1. The molecule has 0 unspecified atom stereocenters. The smallest absolute Gasteiger partial charge is 0.177 e. The van der Waals surface area contributed by atoms with Crippen molar-refractivity contribution in [2.75, 3.05) is 0 Å². The van der Waals surface area contributed by atoms with Gasteiger partial charge in [0, 0.05) is 15.9 Å². The summed E-state index contributed by atoms with van der Waals surface area (Å²) in [6.07, 6.45) is 0.354. The van der Waals surface area contributed by atoms with Gasteiger partial charge in [0.25, 0.3) is 0 Å². The summed E-state index contributed by atoms with van der Waals surface area (Å²) in [5.41, 5.74) is 0.864. The summed E-state index contributed by atoms with van der Waals surface area (Å²) in [6.45, 7) is 0. The highest BCUT2D eigenvalue weighted by Crippen LogP contribution is 2.23. The average molecular weight is 316 g/mol. The van der Waals surface area contributed by atoms with Crippen LogP contribution in [0.3, 0.4) is 0 Å². The Labute approximate surface area is 111 Å². The number of carbonyl (C=O) groups is 1. The summed E-state index contributed by atoms with van der Waals surface area (Å²) in [5.74, 6) is 0.110. The van der Waals surface area contributed by atoms with Gasteiger partial charge in [-0.1, -0.05) is 39.7 Å². The monoisotopic (exact) mass is 314 g/mol. The topological polar surface area (TPSA) is 17.1 Å². The number of ketones is 1. The first-order chi connectivity index (χ1) is 7.66. The fraction of sp³-hybridized carbons (Fsp3) is 0.0833. The van der Waals surface area contributed by atoms with Crippen molar-refractivity contribution in [1.82, 2.24) is 0 Å². The lowest BCUT2D eigenvalue weighted by molar-refractivity contribution is 0.0997. The van der Waals surface area contributed by atoms with Gasteiger partial charge in [-0.2, -0.15) is 0 Å². The minimum atomic E-state index is 0.110. The second-order valence-corrected chi connectivity index (χ2v) is 5.58. The molecule has 0 aliphatic heterocycles. The Bertz CT molecular complexity index is 508. The number of thiophene rings is 1. The Morgan fingerprint density at radius 2 is 2.19 bits per heavy atom. The van der Waals surface area contributed by atoms with E-state index in [1.165, 1.54) is 11.3 Å². The van der Waals surface area contributed by atoms with Crippen LogP contribution in [0.2, 0.25) is 5.02 Å². The maximum atomic E-state index is 11.9. The van der Waals surface area contributed by atoms with Crippen LogP contribution in [0.1, 0.15) is 15.2 Å². The Hall–Kier alpha value is -0.640. The van der Waals surface area contributed by atoms with E-state index in [-0.39, 0.29) is 5.78 Å². The molecule has 0 aliphatic carbocycles. The highest BCUT2D eigenvalue weighted by molar-refractivity contribution is 9.10. The molecule has 0 saturated carbocycles. The molecule has 0 atom stereocenters. The molecular formula is C12H8BrClOS. The van der Waals surface area contributed by atoms with Crippen LogP contribution >= 0.6 is 38.9 Å². The van der Waals surface area contributed by atoms with Gasteiger partial charge in [0.1, 0.15) is 0 Å². The molecule has 0 aliphatic rings. The van der Waals surface area contributed by atoms with E-state index in [2.05, 4.69) is 15.9 Å². The Morgan fingerprint density at radius 3 is 2.81 bits per heavy atom. The number of rotatable bonds is 3. The third-order valence-electron chi connectivity index (χ3n) is 2.16. The number of benzene rings is 1. The molecule has 4 heteroatoms. The van der Waals surface area contributed by atoms with Crippen LogP contribution in [0.25, 0.3) is 0 Å². The summed E-state index contributed by atoms with van der Waals surface area (Å²) in [6, 6.07) is 9.28. The van der Waals surface area contributed by atoms with Crippen molar-refractivity contribution in [2.45, 2.75) is 6.42 Å². The molecule has 1 nitrogen and oxygen atoms in total. The van der Waals surface area contributed by atoms with Crippen LogP contribution < -0.4 is 0 Å². The van der Waals surface area contributed by atoms with Gasteiger partial charge in [0.15, 0.2) is 5.78 Å². The van der Waals surface area contributed by atoms with Gasteiger partial charge in [0.05, 0.1) is 4.88 Å². The van der Waals surface area contributed by atoms with Gasteiger partial charge in [-0.3, -0.25) is 4.79 Å². The van der Waals surface area contributed by atoms with Crippen molar-refractivity contribution < 1.29 is 4.79 Å². The summed E-state index contributed by atoms with van der Waals surface area (Å²) in [5, 5.41) is 2.52. The van der Waals surface area contributed by atoms with Crippen molar-refractivity contribution in [2.24, 2.45) is 0 Å². The van der Waals surface area contributed by atoms with Crippen LogP contribution in [-0.4, -0.2) is 5.78 Å². The molecule has 0 saturated heterocycles. The molecule has 0 fully saturated rings. The van der Waals surface area contributed by atoms with Crippen LogP contribution in [0.15, 0.2) is 40.2 Å². The average Bonchev–Trinajstić information content (AvgIpc) is 2.75. The molecule has 0 spiro atoms. The van der Waals surface area contributed by atoms with Crippen LogP contribution in [0.5, 0.6) is 0 Å². The Kier molecular flexibility index (Phi) is 3.79. The zero-order valence-electron chi connectivity index (χ0n) is 8.24. The molecule has 0 bridgehead atoms. The number of carbonyl (C=O) groups excluding carboxylic acids is 1. The summed E-state index contributed by atoms with van der Waals surface area (Å²) in [7, 11) is 0. The molecule has 0 radical (unpaired) electrons. The second kappa shape index (κ2) is 5.13. The van der Waals surface area contributed by atoms with Gasteiger partial charge < -0.3 is 0 Å². The molecule has 2 rings (SSSR count). The van der Waals surface area contributed by atoms with Crippen molar-refractivity contribution in [3.05, 3.63) is 55.6 Å². The summed E-state index contributed by atoms with van der Waals surface area (Å²) < 4.78 is 0.921. The van der Waals surface area contributed by atoms with Crippen LogP contribution in [0.4, 0.5) is 0 Å². The SMILES string of the molecule is O=C(Cc1ccc(Br)cc1Cl)c1cccs1. The predicted octanol–water partition coefficient (Wildman–Crippen LogP) is 4.59. The van der Waals surface area contributed by atoms with Gasteiger partial charge in [0.2, 0.25) is 0 Å². The molecular weight excluding hydrogens is 308 g/mol. The minimum absolute atomic E-state index is 0.110. The van der Waals surface area contributed by atoms with Gasteiger partial charge in [-0.05, 0) is 29.1 Å². The van der Waals surface area contributed by atoms with Gasteiger partial charge >= 0.3 is 0 Å². The molecule has 82 valence electrons. The van der Waals surface area contributed by atoms with Gasteiger partial charge in [-0.15, -0.1) is 11.3 Å². The van der Waals surface area contributed by atoms with E-state index >= 15 is 0 Å². The normalized spacial score (nSPS) is 10.4. The van der Waals surface area contributed by atoms with Crippen LogP contribution in [-0.2, 0) is 6.42 Å². The van der Waals surface area contributed by atoms with E-state index in [0.29, 0.717) is 11.4 Å². The highest BCUT2D eigenvalue weighted by Gasteiger charge is 2.10. The standard InChI is InChI=1S/C12H8BrClOS/c13-9-4-3-8(10(14)7-9)6-11(15)12-2-1-5-16-12/h1-5,7H,6H2. The number of halogens is 2.